The molecule has 5 aromatic rings. The van der Waals surface area contributed by atoms with Gasteiger partial charge in [0.15, 0.2) is 0 Å². The molecule has 0 saturated carbocycles. The average molecular weight is 575 g/mol. The van der Waals surface area contributed by atoms with Crippen LogP contribution in [-0.4, -0.2) is 22.1 Å². The van der Waals surface area contributed by atoms with Crippen LogP contribution >= 0.6 is 15.9 Å². The summed E-state index contributed by atoms with van der Waals surface area (Å²) in [7, 11) is 0. The van der Waals surface area contributed by atoms with Gasteiger partial charge in [0.1, 0.15) is 35.6 Å². The van der Waals surface area contributed by atoms with Gasteiger partial charge in [0.25, 0.3) is 0 Å². The minimum Gasteiger partial charge on any atom is -0.492 e. The van der Waals surface area contributed by atoms with Crippen molar-refractivity contribution >= 4 is 44.8 Å². The van der Waals surface area contributed by atoms with E-state index in [1.807, 2.05) is 53.1 Å². The van der Waals surface area contributed by atoms with Crippen molar-refractivity contribution in [2.24, 2.45) is 0 Å². The molecule has 8 heteroatoms. The topological polar surface area (TPSA) is 53.3 Å². The number of aromatic nitrogens is 2. The summed E-state index contributed by atoms with van der Waals surface area (Å²) in [6.45, 7) is 0.737. The van der Waals surface area contributed by atoms with E-state index < -0.39 is 17.6 Å². The molecule has 0 unspecified atom stereocenters. The standard InChI is InChI=1S/C30H21BrF2N2O3/c31-20-13-15-21(16-14-20)37-18-17-35-27-12-6-5-11-26(27)34-29(35)19-28(22-7-1-3-9-24(22)32)38-30(36)23-8-2-4-10-25(23)33/h1-16,19H,17-18H2/b28-19-. The van der Waals surface area contributed by atoms with Gasteiger partial charge in [-0.15, -0.1) is 0 Å². The van der Waals surface area contributed by atoms with Crippen LogP contribution in [0, 0.1) is 11.6 Å². The Morgan fingerprint density at radius 1 is 0.842 bits per heavy atom. The number of carbonyl (C=O) groups is 1. The highest BCUT2D eigenvalue weighted by atomic mass is 79.9. The molecule has 0 aliphatic carbocycles. The number of nitrogens with zero attached hydrogens (tertiary/aromatic N) is 2. The first-order valence-electron chi connectivity index (χ1n) is 11.8. The lowest BCUT2D eigenvalue weighted by Gasteiger charge is -2.13. The Labute approximate surface area is 226 Å². The molecule has 190 valence electrons. The summed E-state index contributed by atoms with van der Waals surface area (Å²) in [5.74, 6) is -1.24. The summed E-state index contributed by atoms with van der Waals surface area (Å²) in [6.07, 6.45) is 1.48. The number of hydrogen-bond donors (Lipinski definition) is 0. The van der Waals surface area contributed by atoms with Gasteiger partial charge in [0, 0.05) is 10.5 Å². The van der Waals surface area contributed by atoms with Gasteiger partial charge < -0.3 is 14.0 Å². The first-order chi connectivity index (χ1) is 18.5. The number of benzene rings is 4. The molecular formula is C30H21BrF2N2O3. The number of rotatable bonds is 8. The first kappa shape index (κ1) is 25.4. The molecule has 0 amide bonds. The molecule has 5 nitrogen and oxygen atoms in total. The summed E-state index contributed by atoms with van der Waals surface area (Å²) in [5, 5.41) is 0. The van der Waals surface area contributed by atoms with Gasteiger partial charge in [-0.2, -0.15) is 0 Å². The van der Waals surface area contributed by atoms with E-state index in [4.69, 9.17) is 9.47 Å². The van der Waals surface area contributed by atoms with Crippen LogP contribution in [-0.2, 0) is 11.3 Å². The quantitative estimate of drug-likeness (QED) is 0.142. The zero-order valence-electron chi connectivity index (χ0n) is 20.0. The fraction of sp³-hybridized carbons (Fsp3) is 0.0667. The van der Waals surface area contributed by atoms with E-state index in [2.05, 4.69) is 20.9 Å². The minimum absolute atomic E-state index is 0.0434. The summed E-state index contributed by atoms with van der Waals surface area (Å²) in [4.78, 5) is 17.6. The third-order valence-electron chi connectivity index (χ3n) is 5.78. The molecule has 0 aliphatic heterocycles. The molecule has 0 radical (unpaired) electrons. The van der Waals surface area contributed by atoms with Crippen molar-refractivity contribution in [2.75, 3.05) is 6.61 Å². The Hall–Kier alpha value is -4.30. The Morgan fingerprint density at radius 2 is 1.47 bits per heavy atom. The Kier molecular flexibility index (Phi) is 7.60. The van der Waals surface area contributed by atoms with Gasteiger partial charge in [0.2, 0.25) is 0 Å². The smallest absolute Gasteiger partial charge is 0.346 e. The number of hydrogen-bond acceptors (Lipinski definition) is 4. The van der Waals surface area contributed by atoms with Gasteiger partial charge in [-0.05, 0) is 60.7 Å². The Morgan fingerprint density at radius 3 is 2.18 bits per heavy atom. The normalized spacial score (nSPS) is 11.5. The van der Waals surface area contributed by atoms with Crippen LogP contribution in [0.1, 0.15) is 21.7 Å². The first-order valence-corrected chi connectivity index (χ1v) is 12.6. The molecular weight excluding hydrogens is 554 g/mol. The lowest BCUT2D eigenvalue weighted by atomic mass is 10.1. The van der Waals surface area contributed by atoms with Crippen molar-refractivity contribution in [1.82, 2.24) is 9.55 Å². The van der Waals surface area contributed by atoms with Gasteiger partial charge in [0.05, 0.1) is 28.7 Å². The van der Waals surface area contributed by atoms with Crippen molar-refractivity contribution < 1.29 is 23.0 Å². The molecule has 1 heterocycles. The average Bonchev–Trinajstić information content (AvgIpc) is 3.27. The summed E-state index contributed by atoms with van der Waals surface area (Å²) >= 11 is 3.41. The van der Waals surface area contributed by atoms with Crippen molar-refractivity contribution in [3.63, 3.8) is 0 Å². The maximum absolute atomic E-state index is 14.8. The molecule has 0 saturated heterocycles. The molecule has 0 spiro atoms. The molecule has 1 aromatic heterocycles. The summed E-state index contributed by atoms with van der Waals surface area (Å²) in [6, 6.07) is 26.4. The maximum Gasteiger partial charge on any atom is 0.346 e. The van der Waals surface area contributed by atoms with E-state index in [9.17, 15) is 13.6 Å². The predicted octanol–water partition coefficient (Wildman–Crippen LogP) is 7.51. The molecule has 0 bridgehead atoms. The molecule has 38 heavy (non-hydrogen) atoms. The van der Waals surface area contributed by atoms with Crippen molar-refractivity contribution in [2.45, 2.75) is 6.54 Å². The van der Waals surface area contributed by atoms with Crippen LogP contribution in [0.3, 0.4) is 0 Å². The molecule has 0 aliphatic rings. The largest absolute Gasteiger partial charge is 0.492 e. The maximum atomic E-state index is 14.8. The zero-order valence-corrected chi connectivity index (χ0v) is 21.6. The fourth-order valence-corrected chi connectivity index (χ4v) is 4.21. The van der Waals surface area contributed by atoms with Crippen LogP contribution in [0.2, 0.25) is 0 Å². The van der Waals surface area contributed by atoms with Crippen LogP contribution in [0.15, 0.2) is 102 Å². The number of para-hydroxylation sites is 2. The monoisotopic (exact) mass is 574 g/mol. The molecule has 4 aromatic carbocycles. The van der Waals surface area contributed by atoms with Gasteiger partial charge in [-0.3, -0.25) is 0 Å². The van der Waals surface area contributed by atoms with Gasteiger partial charge >= 0.3 is 5.97 Å². The van der Waals surface area contributed by atoms with E-state index in [-0.39, 0.29) is 16.9 Å². The summed E-state index contributed by atoms with van der Waals surface area (Å²) in [5.41, 5.74) is 1.32. The second-order valence-corrected chi connectivity index (χ2v) is 9.19. The van der Waals surface area contributed by atoms with Gasteiger partial charge in [-0.1, -0.05) is 52.3 Å². The molecule has 0 fully saturated rings. The second-order valence-electron chi connectivity index (χ2n) is 8.27. The van der Waals surface area contributed by atoms with E-state index in [0.717, 1.165) is 16.1 Å². The molecule has 0 N–H and O–H groups in total. The third-order valence-corrected chi connectivity index (χ3v) is 6.31. The van der Waals surface area contributed by atoms with E-state index in [1.54, 1.807) is 6.07 Å². The SMILES string of the molecule is O=C(O/C(=C\c1nc2ccccc2n1CCOc1ccc(Br)cc1)c1ccccc1F)c1ccccc1F. The van der Waals surface area contributed by atoms with Crippen LogP contribution in [0.4, 0.5) is 8.78 Å². The number of ether oxygens (including phenoxy) is 2. The van der Waals surface area contributed by atoms with Gasteiger partial charge in [-0.25, -0.2) is 18.6 Å². The fourth-order valence-electron chi connectivity index (χ4n) is 3.95. The lowest BCUT2D eigenvalue weighted by Crippen LogP contribution is -2.11. The number of esters is 1. The second kappa shape index (κ2) is 11.4. The van der Waals surface area contributed by atoms with E-state index in [1.165, 1.54) is 42.5 Å². The van der Waals surface area contributed by atoms with Crippen molar-refractivity contribution in [3.05, 3.63) is 130 Å². The number of carbonyl (C=O) groups excluding carboxylic acids is 1. The molecule has 5 rings (SSSR count). The van der Waals surface area contributed by atoms with Crippen molar-refractivity contribution in [3.8, 4) is 5.75 Å². The molecule has 0 atom stereocenters. The Bertz CT molecular complexity index is 1630. The van der Waals surface area contributed by atoms with Crippen LogP contribution < -0.4 is 4.74 Å². The number of fused-ring (bicyclic) bond motifs is 1. The third kappa shape index (κ3) is 5.65. The van der Waals surface area contributed by atoms with E-state index >= 15 is 0 Å². The minimum atomic E-state index is -0.946. The zero-order chi connectivity index (χ0) is 26.5. The number of halogens is 3. The predicted molar refractivity (Wildman–Crippen MR) is 145 cm³/mol. The van der Waals surface area contributed by atoms with E-state index in [0.29, 0.717) is 30.2 Å². The lowest BCUT2D eigenvalue weighted by molar-refractivity contribution is 0.0688. The van der Waals surface area contributed by atoms with Crippen molar-refractivity contribution in [1.29, 1.82) is 0 Å². The highest BCUT2D eigenvalue weighted by Crippen LogP contribution is 2.26. The Balaban J connectivity index is 1.52. The summed E-state index contributed by atoms with van der Waals surface area (Å²) < 4.78 is 43.4. The van der Waals surface area contributed by atoms with Crippen LogP contribution in [0.5, 0.6) is 5.75 Å². The number of imidazole rings is 1. The highest BCUT2D eigenvalue weighted by molar-refractivity contribution is 9.10. The highest BCUT2D eigenvalue weighted by Gasteiger charge is 2.20. The van der Waals surface area contributed by atoms with Crippen LogP contribution in [0.25, 0.3) is 22.9 Å².